The second-order valence-corrected chi connectivity index (χ2v) is 3.30. The lowest BCUT2D eigenvalue weighted by Crippen LogP contribution is -1.96. The summed E-state index contributed by atoms with van der Waals surface area (Å²) in [5.74, 6) is 0.643. The zero-order chi connectivity index (χ0) is 7.56. The SMILES string of the molecule is CC(C)C1=C(CO)CCC1. The van der Waals surface area contributed by atoms with Crippen molar-refractivity contribution in [3.63, 3.8) is 0 Å². The molecule has 0 unspecified atom stereocenters. The summed E-state index contributed by atoms with van der Waals surface area (Å²) in [6.07, 6.45) is 3.60. The summed E-state index contributed by atoms with van der Waals surface area (Å²) >= 11 is 0. The average molecular weight is 140 g/mol. The Hall–Kier alpha value is -0.300. The Morgan fingerprint density at radius 1 is 1.40 bits per heavy atom. The normalized spacial score (nSPS) is 19.2. The van der Waals surface area contributed by atoms with Crippen LogP contribution in [0.2, 0.25) is 0 Å². The molecule has 0 atom stereocenters. The van der Waals surface area contributed by atoms with Gasteiger partial charge in [-0.3, -0.25) is 0 Å². The fraction of sp³-hybridized carbons (Fsp3) is 0.778. The number of allylic oxidation sites excluding steroid dienone is 1. The third-order valence-corrected chi connectivity index (χ3v) is 2.27. The molecule has 0 heterocycles. The predicted molar refractivity (Wildman–Crippen MR) is 42.8 cm³/mol. The van der Waals surface area contributed by atoms with Crippen molar-refractivity contribution >= 4 is 0 Å². The molecule has 0 spiro atoms. The second-order valence-electron chi connectivity index (χ2n) is 3.30. The first-order chi connectivity index (χ1) is 4.75. The van der Waals surface area contributed by atoms with Gasteiger partial charge in [-0.15, -0.1) is 0 Å². The van der Waals surface area contributed by atoms with E-state index in [9.17, 15) is 0 Å². The highest BCUT2D eigenvalue weighted by Gasteiger charge is 2.15. The summed E-state index contributed by atoms with van der Waals surface area (Å²) in [5, 5.41) is 8.93. The maximum atomic E-state index is 8.93. The largest absolute Gasteiger partial charge is 0.392 e. The first-order valence-corrected chi connectivity index (χ1v) is 4.07. The van der Waals surface area contributed by atoms with Crippen LogP contribution >= 0.6 is 0 Å². The molecular weight excluding hydrogens is 124 g/mol. The molecule has 0 saturated carbocycles. The van der Waals surface area contributed by atoms with E-state index in [1.807, 2.05) is 0 Å². The van der Waals surface area contributed by atoms with Crippen molar-refractivity contribution in [3.05, 3.63) is 11.1 Å². The van der Waals surface area contributed by atoms with Crippen LogP contribution in [0.15, 0.2) is 11.1 Å². The molecule has 1 aliphatic rings. The molecule has 0 fully saturated rings. The van der Waals surface area contributed by atoms with Crippen LogP contribution in [0.3, 0.4) is 0 Å². The second kappa shape index (κ2) is 3.20. The summed E-state index contributed by atoms with van der Waals surface area (Å²) in [6, 6.07) is 0. The van der Waals surface area contributed by atoms with Gasteiger partial charge in [0.1, 0.15) is 0 Å². The first-order valence-electron chi connectivity index (χ1n) is 4.07. The molecule has 0 bridgehead atoms. The van der Waals surface area contributed by atoms with Gasteiger partial charge in [0, 0.05) is 0 Å². The third-order valence-electron chi connectivity index (χ3n) is 2.27. The van der Waals surface area contributed by atoms with Crippen LogP contribution in [0.25, 0.3) is 0 Å². The number of rotatable bonds is 2. The summed E-state index contributed by atoms with van der Waals surface area (Å²) in [5.41, 5.74) is 2.80. The molecule has 0 aromatic carbocycles. The molecule has 1 rings (SSSR count). The van der Waals surface area contributed by atoms with Crippen LogP contribution in [0.5, 0.6) is 0 Å². The van der Waals surface area contributed by atoms with Crippen molar-refractivity contribution in [3.8, 4) is 0 Å². The van der Waals surface area contributed by atoms with Crippen LogP contribution in [0.1, 0.15) is 33.1 Å². The molecule has 0 radical (unpaired) electrons. The Kier molecular flexibility index (Phi) is 2.50. The van der Waals surface area contributed by atoms with E-state index in [1.54, 1.807) is 0 Å². The van der Waals surface area contributed by atoms with E-state index < -0.39 is 0 Å². The first kappa shape index (κ1) is 7.80. The zero-order valence-electron chi connectivity index (χ0n) is 6.85. The Morgan fingerprint density at radius 3 is 2.50 bits per heavy atom. The van der Waals surface area contributed by atoms with Crippen molar-refractivity contribution in [2.45, 2.75) is 33.1 Å². The van der Waals surface area contributed by atoms with E-state index >= 15 is 0 Å². The molecular formula is C9H16O. The zero-order valence-corrected chi connectivity index (χ0v) is 6.85. The molecule has 1 nitrogen and oxygen atoms in total. The molecule has 10 heavy (non-hydrogen) atoms. The van der Waals surface area contributed by atoms with Gasteiger partial charge in [-0.2, -0.15) is 0 Å². The maximum absolute atomic E-state index is 8.93. The summed E-state index contributed by atoms with van der Waals surface area (Å²) < 4.78 is 0. The van der Waals surface area contributed by atoms with Gasteiger partial charge in [0.2, 0.25) is 0 Å². The predicted octanol–water partition coefficient (Wildman–Crippen LogP) is 2.12. The van der Waals surface area contributed by atoms with Crippen molar-refractivity contribution in [1.82, 2.24) is 0 Å². The molecule has 58 valence electrons. The van der Waals surface area contributed by atoms with E-state index in [2.05, 4.69) is 13.8 Å². The highest BCUT2D eigenvalue weighted by molar-refractivity contribution is 5.21. The fourth-order valence-corrected chi connectivity index (χ4v) is 1.71. The van der Waals surface area contributed by atoms with Gasteiger partial charge >= 0.3 is 0 Å². The smallest absolute Gasteiger partial charge is 0.0644 e. The summed E-state index contributed by atoms with van der Waals surface area (Å²) in [4.78, 5) is 0. The maximum Gasteiger partial charge on any atom is 0.0644 e. The lowest BCUT2D eigenvalue weighted by Gasteiger charge is -2.07. The van der Waals surface area contributed by atoms with E-state index in [-0.39, 0.29) is 6.61 Å². The highest BCUT2D eigenvalue weighted by Crippen LogP contribution is 2.30. The lowest BCUT2D eigenvalue weighted by atomic mass is 10.00. The molecule has 1 aliphatic carbocycles. The lowest BCUT2D eigenvalue weighted by molar-refractivity contribution is 0.326. The van der Waals surface area contributed by atoms with Crippen LogP contribution in [0, 0.1) is 5.92 Å². The van der Waals surface area contributed by atoms with Gasteiger partial charge in [0.05, 0.1) is 6.61 Å². The standard InChI is InChI=1S/C9H16O/c1-7(2)9-5-3-4-8(9)6-10/h7,10H,3-6H2,1-2H3. The van der Waals surface area contributed by atoms with E-state index in [0.29, 0.717) is 5.92 Å². The van der Waals surface area contributed by atoms with E-state index in [0.717, 1.165) is 6.42 Å². The molecule has 0 aromatic rings. The Bertz CT molecular complexity index is 145. The minimum Gasteiger partial charge on any atom is -0.392 e. The Balaban J connectivity index is 2.68. The van der Waals surface area contributed by atoms with Crippen LogP contribution in [0.4, 0.5) is 0 Å². The van der Waals surface area contributed by atoms with Crippen molar-refractivity contribution in [1.29, 1.82) is 0 Å². The topological polar surface area (TPSA) is 20.2 Å². The molecule has 0 amide bonds. The van der Waals surface area contributed by atoms with Gasteiger partial charge in [0.15, 0.2) is 0 Å². The van der Waals surface area contributed by atoms with Crippen molar-refractivity contribution < 1.29 is 5.11 Å². The number of aliphatic hydroxyl groups excluding tert-OH is 1. The van der Waals surface area contributed by atoms with Gasteiger partial charge in [-0.05, 0) is 30.8 Å². The van der Waals surface area contributed by atoms with Gasteiger partial charge in [-0.25, -0.2) is 0 Å². The van der Waals surface area contributed by atoms with E-state index in [1.165, 1.54) is 24.0 Å². The third kappa shape index (κ3) is 1.40. The molecule has 1 heteroatoms. The van der Waals surface area contributed by atoms with Crippen molar-refractivity contribution in [2.75, 3.05) is 6.61 Å². The number of hydrogen-bond acceptors (Lipinski definition) is 1. The highest BCUT2D eigenvalue weighted by atomic mass is 16.3. The number of hydrogen-bond donors (Lipinski definition) is 1. The van der Waals surface area contributed by atoms with Crippen LogP contribution in [-0.4, -0.2) is 11.7 Å². The molecule has 0 aromatic heterocycles. The summed E-state index contributed by atoms with van der Waals surface area (Å²) in [7, 11) is 0. The molecule has 1 N–H and O–H groups in total. The van der Waals surface area contributed by atoms with Gasteiger partial charge in [-0.1, -0.05) is 19.4 Å². The average Bonchev–Trinajstić information content (AvgIpc) is 2.33. The van der Waals surface area contributed by atoms with Gasteiger partial charge < -0.3 is 5.11 Å². The van der Waals surface area contributed by atoms with Crippen molar-refractivity contribution in [2.24, 2.45) is 5.92 Å². The van der Waals surface area contributed by atoms with Crippen LogP contribution < -0.4 is 0 Å². The monoisotopic (exact) mass is 140 g/mol. The minimum absolute atomic E-state index is 0.285. The van der Waals surface area contributed by atoms with Gasteiger partial charge in [0.25, 0.3) is 0 Å². The summed E-state index contributed by atoms with van der Waals surface area (Å²) in [6.45, 7) is 4.69. The quantitative estimate of drug-likeness (QED) is 0.582. The Labute approximate surface area is 62.8 Å². The Morgan fingerprint density at radius 2 is 2.10 bits per heavy atom. The molecule has 0 aliphatic heterocycles. The van der Waals surface area contributed by atoms with Crippen LogP contribution in [-0.2, 0) is 0 Å². The minimum atomic E-state index is 0.285. The fourth-order valence-electron chi connectivity index (χ4n) is 1.71. The number of aliphatic hydroxyl groups is 1. The van der Waals surface area contributed by atoms with E-state index in [4.69, 9.17) is 5.11 Å². The molecule has 0 saturated heterocycles.